The van der Waals surface area contributed by atoms with E-state index in [0.717, 1.165) is 29.6 Å². The van der Waals surface area contributed by atoms with Crippen LogP contribution in [0.15, 0.2) is 52.2 Å². The summed E-state index contributed by atoms with van der Waals surface area (Å²) in [6.07, 6.45) is 3.90. The lowest BCUT2D eigenvalue weighted by atomic mass is 10.1. The zero-order valence-corrected chi connectivity index (χ0v) is 18.7. The Labute approximate surface area is 185 Å². The number of rotatable bonds is 9. The van der Waals surface area contributed by atoms with Crippen LogP contribution in [0.5, 0.6) is 0 Å². The summed E-state index contributed by atoms with van der Waals surface area (Å²) in [5.41, 5.74) is 1.28. The average molecular weight is 439 g/mol. The molecule has 1 aliphatic carbocycles. The number of furan rings is 1. The van der Waals surface area contributed by atoms with Crippen molar-refractivity contribution in [2.24, 2.45) is 5.92 Å². The maximum Gasteiger partial charge on any atom is 0.226 e. The lowest BCUT2D eigenvalue weighted by molar-refractivity contribution is -0.118. The van der Waals surface area contributed by atoms with Gasteiger partial charge >= 0.3 is 0 Å². The van der Waals surface area contributed by atoms with Crippen molar-refractivity contribution < 1.29 is 14.0 Å². The van der Waals surface area contributed by atoms with E-state index in [1.807, 2.05) is 32.9 Å². The first-order valence-corrected chi connectivity index (χ1v) is 11.4. The molecule has 1 aromatic carbocycles. The number of carbonyl (C=O) groups is 2. The number of Topliss-reactive ketones (excluding diaryl/α,β-unsaturated/α-hetero) is 1. The van der Waals surface area contributed by atoms with Gasteiger partial charge < -0.3 is 9.73 Å². The number of amides is 1. The molecule has 0 bridgehead atoms. The van der Waals surface area contributed by atoms with Crippen molar-refractivity contribution in [2.45, 2.75) is 56.5 Å². The molecule has 1 N–H and O–H groups in total. The van der Waals surface area contributed by atoms with Gasteiger partial charge in [0.15, 0.2) is 10.9 Å². The molecule has 1 saturated carbocycles. The summed E-state index contributed by atoms with van der Waals surface area (Å²) in [4.78, 5) is 24.8. The Morgan fingerprint density at radius 1 is 1.16 bits per heavy atom. The summed E-state index contributed by atoms with van der Waals surface area (Å²) in [5, 5.41) is 12.0. The lowest BCUT2D eigenvalue weighted by Gasteiger charge is -2.13. The first kappa shape index (κ1) is 21.4. The molecular formula is C23H26N4O3S. The quantitative estimate of drug-likeness (QED) is 0.383. The first-order chi connectivity index (χ1) is 14.9. The van der Waals surface area contributed by atoms with E-state index in [1.54, 1.807) is 30.5 Å². The van der Waals surface area contributed by atoms with E-state index in [9.17, 15) is 9.59 Å². The van der Waals surface area contributed by atoms with Gasteiger partial charge in [-0.05, 0) is 56.2 Å². The van der Waals surface area contributed by atoms with Crippen LogP contribution in [0, 0.1) is 5.92 Å². The molecule has 7 nitrogen and oxygen atoms in total. The largest absolute Gasteiger partial charge is 0.467 e. The van der Waals surface area contributed by atoms with Crippen LogP contribution in [0.1, 0.15) is 61.5 Å². The number of anilines is 1. The molecule has 162 valence electrons. The van der Waals surface area contributed by atoms with Crippen molar-refractivity contribution >= 4 is 29.1 Å². The summed E-state index contributed by atoms with van der Waals surface area (Å²) in [6.45, 7) is 6.11. The van der Waals surface area contributed by atoms with E-state index in [-0.39, 0.29) is 22.9 Å². The Balaban J connectivity index is 1.46. The molecule has 1 aliphatic rings. The summed E-state index contributed by atoms with van der Waals surface area (Å²) in [5.74, 6) is 2.09. The number of carbonyl (C=O) groups excluding carboxylic acids is 2. The molecule has 4 rings (SSSR count). The zero-order valence-electron chi connectivity index (χ0n) is 17.9. The third-order valence-corrected chi connectivity index (χ3v) is 6.28. The van der Waals surface area contributed by atoms with Gasteiger partial charge in [0.05, 0.1) is 18.1 Å². The molecule has 0 radical (unpaired) electrons. The first-order valence-electron chi connectivity index (χ1n) is 10.5. The highest BCUT2D eigenvalue weighted by molar-refractivity contribution is 8.00. The van der Waals surface area contributed by atoms with Crippen molar-refractivity contribution in [1.29, 1.82) is 0 Å². The van der Waals surface area contributed by atoms with Crippen LogP contribution in [-0.4, -0.2) is 31.7 Å². The Morgan fingerprint density at radius 3 is 2.52 bits per heavy atom. The summed E-state index contributed by atoms with van der Waals surface area (Å²) in [7, 11) is 0. The van der Waals surface area contributed by atoms with Crippen LogP contribution in [0.2, 0.25) is 0 Å². The normalized spacial score (nSPS) is 14.6. The minimum Gasteiger partial charge on any atom is -0.467 e. The number of ketones is 1. The highest BCUT2D eigenvalue weighted by Crippen LogP contribution is 2.40. The third-order valence-electron chi connectivity index (χ3n) is 5.19. The molecular weight excluding hydrogens is 412 g/mol. The SMILES string of the molecule is CC(C)C(=O)Nc1ccc(C(=O)C(C)Sc2nnc(C3CC3)n2Cc2ccco2)cc1. The number of thioether (sulfide) groups is 1. The third kappa shape index (κ3) is 5.07. The van der Waals surface area contributed by atoms with Crippen LogP contribution >= 0.6 is 11.8 Å². The highest BCUT2D eigenvalue weighted by atomic mass is 32.2. The Bertz CT molecular complexity index is 1050. The van der Waals surface area contributed by atoms with Gasteiger partial charge in [0.1, 0.15) is 11.6 Å². The second kappa shape index (κ2) is 9.09. The second-order valence-corrected chi connectivity index (χ2v) is 9.43. The van der Waals surface area contributed by atoms with Crippen molar-refractivity contribution in [3.8, 4) is 0 Å². The van der Waals surface area contributed by atoms with E-state index in [1.165, 1.54) is 11.8 Å². The summed E-state index contributed by atoms with van der Waals surface area (Å²) in [6, 6.07) is 10.8. The Hall–Kier alpha value is -2.87. The summed E-state index contributed by atoms with van der Waals surface area (Å²) < 4.78 is 7.57. The number of hydrogen-bond donors (Lipinski definition) is 1. The van der Waals surface area contributed by atoms with E-state index >= 15 is 0 Å². The molecule has 1 fully saturated rings. The maximum atomic E-state index is 13.0. The smallest absolute Gasteiger partial charge is 0.226 e. The van der Waals surface area contributed by atoms with Gasteiger partial charge in [0, 0.05) is 23.1 Å². The standard InChI is InChI=1S/C23H26N4O3S/c1-14(2)22(29)24-18-10-8-16(9-11-18)20(28)15(3)31-23-26-25-21(17-6-7-17)27(23)13-19-5-4-12-30-19/h4-5,8-12,14-15,17H,6-7,13H2,1-3H3,(H,24,29). The fourth-order valence-electron chi connectivity index (χ4n) is 3.19. The van der Waals surface area contributed by atoms with Crippen LogP contribution < -0.4 is 5.32 Å². The van der Waals surface area contributed by atoms with Gasteiger partial charge in [-0.15, -0.1) is 10.2 Å². The number of aromatic nitrogens is 3. The maximum absolute atomic E-state index is 13.0. The minimum absolute atomic E-state index is 0.00672. The zero-order chi connectivity index (χ0) is 22.0. The Morgan fingerprint density at radius 2 is 1.90 bits per heavy atom. The van der Waals surface area contributed by atoms with Gasteiger partial charge in [-0.25, -0.2) is 0 Å². The summed E-state index contributed by atoms with van der Waals surface area (Å²) >= 11 is 1.41. The van der Waals surface area contributed by atoms with Crippen molar-refractivity contribution in [2.75, 3.05) is 5.32 Å². The monoisotopic (exact) mass is 438 g/mol. The van der Waals surface area contributed by atoms with Gasteiger partial charge in [0.2, 0.25) is 5.91 Å². The molecule has 31 heavy (non-hydrogen) atoms. The van der Waals surface area contributed by atoms with Crippen molar-refractivity contribution in [1.82, 2.24) is 14.8 Å². The fourth-order valence-corrected chi connectivity index (χ4v) is 4.12. The van der Waals surface area contributed by atoms with Crippen molar-refractivity contribution in [3.63, 3.8) is 0 Å². The fraction of sp³-hybridized carbons (Fsp3) is 0.391. The van der Waals surface area contributed by atoms with Crippen LogP contribution in [0.4, 0.5) is 5.69 Å². The van der Waals surface area contributed by atoms with Crippen LogP contribution in [-0.2, 0) is 11.3 Å². The molecule has 0 spiro atoms. The van der Waals surface area contributed by atoms with Crippen LogP contribution in [0.25, 0.3) is 0 Å². The molecule has 3 aromatic rings. The molecule has 2 heterocycles. The molecule has 1 atom stereocenters. The topological polar surface area (TPSA) is 90.0 Å². The molecule has 1 unspecified atom stereocenters. The highest BCUT2D eigenvalue weighted by Gasteiger charge is 2.31. The average Bonchev–Trinajstić information content (AvgIpc) is 3.33. The number of hydrogen-bond acceptors (Lipinski definition) is 6. The van der Waals surface area contributed by atoms with E-state index in [2.05, 4.69) is 20.1 Å². The lowest BCUT2D eigenvalue weighted by Crippen LogP contribution is -2.18. The van der Waals surface area contributed by atoms with Gasteiger partial charge in [-0.3, -0.25) is 14.2 Å². The van der Waals surface area contributed by atoms with Gasteiger partial charge in [-0.2, -0.15) is 0 Å². The van der Waals surface area contributed by atoms with E-state index in [4.69, 9.17) is 4.42 Å². The number of nitrogens with zero attached hydrogens (tertiary/aromatic N) is 3. The predicted octanol–water partition coefficient (Wildman–Crippen LogP) is 4.75. The molecule has 8 heteroatoms. The molecule has 1 amide bonds. The molecule has 0 aliphatic heterocycles. The van der Waals surface area contributed by atoms with Crippen LogP contribution in [0.3, 0.4) is 0 Å². The number of benzene rings is 1. The minimum atomic E-state index is -0.331. The molecule has 0 saturated heterocycles. The van der Waals surface area contributed by atoms with E-state index in [0.29, 0.717) is 23.7 Å². The van der Waals surface area contributed by atoms with Gasteiger partial charge in [0.25, 0.3) is 0 Å². The predicted molar refractivity (Wildman–Crippen MR) is 119 cm³/mol. The second-order valence-electron chi connectivity index (χ2n) is 8.13. The van der Waals surface area contributed by atoms with E-state index < -0.39 is 0 Å². The van der Waals surface area contributed by atoms with Crippen molar-refractivity contribution in [3.05, 3.63) is 59.8 Å². The Kier molecular flexibility index (Phi) is 6.27. The van der Waals surface area contributed by atoms with Gasteiger partial charge in [-0.1, -0.05) is 25.6 Å². The molecule has 2 aromatic heterocycles. The number of nitrogens with one attached hydrogen (secondary N) is 1.